The first-order chi connectivity index (χ1) is 8.20. The maximum atomic E-state index is 3.96. The van der Waals surface area contributed by atoms with Crippen LogP contribution < -0.4 is 5.32 Å². The number of piperidine rings is 1. The van der Waals surface area contributed by atoms with Crippen LogP contribution in [0.1, 0.15) is 45.4 Å². The van der Waals surface area contributed by atoms with Crippen molar-refractivity contribution in [1.29, 1.82) is 0 Å². The molecule has 3 heteroatoms. The number of thioether (sulfide) groups is 1. The highest BCUT2D eigenvalue weighted by Crippen LogP contribution is 2.28. The smallest absolute Gasteiger partial charge is 0.0198 e. The third-order valence-corrected chi connectivity index (χ3v) is 5.83. The fourth-order valence-electron chi connectivity index (χ4n) is 3.31. The Bertz CT molecular complexity index is 234. The van der Waals surface area contributed by atoms with Crippen LogP contribution in [0, 0.1) is 0 Å². The van der Waals surface area contributed by atoms with Crippen LogP contribution in [0.4, 0.5) is 0 Å². The minimum absolute atomic E-state index is 0.748. The van der Waals surface area contributed by atoms with E-state index in [4.69, 9.17) is 0 Å². The summed E-state index contributed by atoms with van der Waals surface area (Å²) in [6.45, 7) is 3.62. The first-order valence-electron chi connectivity index (χ1n) is 7.19. The molecule has 2 rings (SSSR count). The van der Waals surface area contributed by atoms with Gasteiger partial charge in [-0.15, -0.1) is 0 Å². The zero-order valence-corrected chi connectivity index (χ0v) is 12.4. The zero-order chi connectivity index (χ0) is 12.3. The molecule has 1 N–H and O–H groups in total. The van der Waals surface area contributed by atoms with Crippen molar-refractivity contribution in [2.24, 2.45) is 0 Å². The third kappa shape index (κ3) is 3.62. The highest BCUT2D eigenvalue weighted by Gasteiger charge is 2.29. The maximum Gasteiger partial charge on any atom is 0.0198 e. The molecule has 0 aromatic heterocycles. The van der Waals surface area contributed by atoms with E-state index < -0.39 is 0 Å². The number of likely N-dealkylation sites (tertiary alicyclic amines) is 1. The molecule has 2 aliphatic rings. The van der Waals surface area contributed by atoms with Crippen molar-refractivity contribution in [1.82, 2.24) is 10.2 Å². The number of rotatable bonds is 3. The molecule has 0 amide bonds. The van der Waals surface area contributed by atoms with Gasteiger partial charge in [-0.1, -0.05) is 12.8 Å². The Labute approximate surface area is 111 Å². The summed E-state index contributed by atoms with van der Waals surface area (Å²) in [5, 5.41) is 4.82. The Morgan fingerprint density at radius 3 is 2.65 bits per heavy atom. The lowest BCUT2D eigenvalue weighted by Gasteiger charge is -2.40. The van der Waals surface area contributed by atoms with Crippen molar-refractivity contribution >= 4 is 11.8 Å². The molecule has 1 saturated heterocycles. The monoisotopic (exact) mass is 256 g/mol. The summed E-state index contributed by atoms with van der Waals surface area (Å²) < 4.78 is 0. The van der Waals surface area contributed by atoms with Crippen molar-refractivity contribution in [3.8, 4) is 0 Å². The van der Waals surface area contributed by atoms with Gasteiger partial charge in [-0.25, -0.2) is 0 Å². The van der Waals surface area contributed by atoms with Crippen LogP contribution in [-0.4, -0.2) is 48.1 Å². The molecule has 1 aliphatic carbocycles. The van der Waals surface area contributed by atoms with Gasteiger partial charge in [0, 0.05) is 23.4 Å². The average Bonchev–Trinajstić information content (AvgIpc) is 2.34. The summed E-state index contributed by atoms with van der Waals surface area (Å²) in [6.07, 6.45) is 10.6. The number of nitrogens with one attached hydrogen (secondary N) is 1. The summed E-state index contributed by atoms with van der Waals surface area (Å²) in [7, 11) is 2.26. The fourth-order valence-corrected chi connectivity index (χ4v) is 4.26. The normalized spacial score (nSPS) is 40.4. The van der Waals surface area contributed by atoms with E-state index in [0.717, 1.165) is 23.4 Å². The quantitative estimate of drug-likeness (QED) is 0.836. The summed E-state index contributed by atoms with van der Waals surface area (Å²) in [6, 6.07) is 2.29. The summed E-state index contributed by atoms with van der Waals surface area (Å²) in [5.41, 5.74) is 0. The Hall–Kier alpha value is 0.270. The zero-order valence-electron chi connectivity index (χ0n) is 11.6. The molecule has 0 aromatic rings. The van der Waals surface area contributed by atoms with E-state index in [1.807, 2.05) is 0 Å². The second-order valence-corrected chi connectivity index (χ2v) is 6.96. The van der Waals surface area contributed by atoms with Crippen molar-refractivity contribution < 1.29 is 0 Å². The molecule has 0 radical (unpaired) electrons. The molecule has 0 aromatic carbocycles. The highest BCUT2D eigenvalue weighted by molar-refractivity contribution is 7.99. The van der Waals surface area contributed by atoms with E-state index in [1.165, 1.54) is 45.1 Å². The van der Waals surface area contributed by atoms with Gasteiger partial charge in [-0.3, -0.25) is 0 Å². The van der Waals surface area contributed by atoms with Gasteiger partial charge >= 0.3 is 0 Å². The van der Waals surface area contributed by atoms with Crippen LogP contribution >= 0.6 is 11.8 Å². The second kappa shape index (κ2) is 6.44. The van der Waals surface area contributed by atoms with E-state index in [-0.39, 0.29) is 0 Å². The topological polar surface area (TPSA) is 15.3 Å². The first-order valence-corrected chi connectivity index (χ1v) is 8.48. The lowest BCUT2D eigenvalue weighted by Crippen LogP contribution is -2.51. The molecule has 4 atom stereocenters. The van der Waals surface area contributed by atoms with Gasteiger partial charge in [0.25, 0.3) is 0 Å². The van der Waals surface area contributed by atoms with Gasteiger partial charge in [0.1, 0.15) is 0 Å². The molecule has 100 valence electrons. The molecule has 0 spiro atoms. The van der Waals surface area contributed by atoms with Gasteiger partial charge in [0.15, 0.2) is 0 Å². The van der Waals surface area contributed by atoms with Crippen LogP contribution in [0.5, 0.6) is 0 Å². The highest BCUT2D eigenvalue weighted by atomic mass is 32.2. The summed E-state index contributed by atoms with van der Waals surface area (Å²) >= 11 is 2.07. The van der Waals surface area contributed by atoms with Crippen LogP contribution in [0.2, 0.25) is 0 Å². The standard InChI is InChI=1S/C14H28N2S/c1-11-10-12(8-9-16(11)2)15-13-6-4-5-7-14(13)17-3/h11-15H,4-10H2,1-3H3. The summed E-state index contributed by atoms with van der Waals surface area (Å²) in [5.74, 6) is 0. The maximum absolute atomic E-state index is 3.96. The molecule has 1 saturated carbocycles. The molecule has 0 bridgehead atoms. The second-order valence-electron chi connectivity index (χ2n) is 5.88. The van der Waals surface area contributed by atoms with Crippen molar-refractivity contribution in [2.45, 2.75) is 68.8 Å². The van der Waals surface area contributed by atoms with E-state index in [9.17, 15) is 0 Å². The molecule has 2 fully saturated rings. The van der Waals surface area contributed by atoms with Gasteiger partial charge in [0.2, 0.25) is 0 Å². The molecule has 2 nitrogen and oxygen atoms in total. The van der Waals surface area contributed by atoms with Crippen LogP contribution in [0.15, 0.2) is 0 Å². The van der Waals surface area contributed by atoms with E-state index in [0.29, 0.717) is 0 Å². The molecule has 4 unspecified atom stereocenters. The first kappa shape index (κ1) is 13.7. The molecule has 1 heterocycles. The van der Waals surface area contributed by atoms with Crippen molar-refractivity contribution in [3.63, 3.8) is 0 Å². The molecule has 17 heavy (non-hydrogen) atoms. The van der Waals surface area contributed by atoms with Crippen molar-refractivity contribution in [3.05, 3.63) is 0 Å². The Morgan fingerprint density at radius 1 is 1.18 bits per heavy atom. The van der Waals surface area contributed by atoms with Gasteiger partial charge in [0.05, 0.1) is 0 Å². The van der Waals surface area contributed by atoms with Crippen molar-refractivity contribution in [2.75, 3.05) is 19.8 Å². The van der Waals surface area contributed by atoms with E-state index in [1.54, 1.807) is 0 Å². The van der Waals surface area contributed by atoms with Gasteiger partial charge < -0.3 is 10.2 Å². The van der Waals surface area contributed by atoms with Gasteiger partial charge in [-0.2, -0.15) is 11.8 Å². The van der Waals surface area contributed by atoms with Crippen LogP contribution in [0.3, 0.4) is 0 Å². The average molecular weight is 256 g/mol. The number of nitrogens with zero attached hydrogens (tertiary/aromatic N) is 1. The Balaban J connectivity index is 1.83. The molecule has 1 aliphatic heterocycles. The van der Waals surface area contributed by atoms with Crippen LogP contribution in [0.25, 0.3) is 0 Å². The molecular formula is C14H28N2S. The van der Waals surface area contributed by atoms with Crippen LogP contribution in [-0.2, 0) is 0 Å². The fraction of sp³-hybridized carbons (Fsp3) is 1.00. The lowest BCUT2D eigenvalue weighted by molar-refractivity contribution is 0.158. The Morgan fingerprint density at radius 2 is 1.94 bits per heavy atom. The SMILES string of the molecule is CSC1CCCCC1NC1CCN(C)C(C)C1. The lowest BCUT2D eigenvalue weighted by atomic mass is 9.91. The Kier molecular flexibility index (Phi) is 5.19. The third-order valence-electron chi connectivity index (χ3n) is 4.66. The van der Waals surface area contributed by atoms with E-state index >= 15 is 0 Å². The van der Waals surface area contributed by atoms with Gasteiger partial charge in [-0.05, 0) is 52.5 Å². The molecular weight excluding hydrogens is 228 g/mol. The predicted molar refractivity (Wildman–Crippen MR) is 77.8 cm³/mol. The summed E-state index contributed by atoms with van der Waals surface area (Å²) in [4.78, 5) is 2.49. The largest absolute Gasteiger partial charge is 0.310 e. The predicted octanol–water partition coefficient (Wildman–Crippen LogP) is 2.73. The minimum Gasteiger partial charge on any atom is -0.310 e. The minimum atomic E-state index is 0.748. The van der Waals surface area contributed by atoms with E-state index in [2.05, 4.69) is 42.2 Å². The number of hydrogen-bond donors (Lipinski definition) is 1. The number of hydrogen-bond acceptors (Lipinski definition) is 3.